The minimum absolute atomic E-state index is 0.288. The third kappa shape index (κ3) is 4.78. The average Bonchev–Trinajstić information content (AvgIpc) is 2.43. The van der Waals surface area contributed by atoms with Crippen molar-refractivity contribution >= 4 is 33.6 Å². The molecule has 0 saturated heterocycles. The van der Waals surface area contributed by atoms with Crippen LogP contribution < -0.4 is 11.1 Å². The third-order valence-corrected chi connectivity index (χ3v) is 3.83. The van der Waals surface area contributed by atoms with Crippen molar-refractivity contribution < 1.29 is 37.8 Å². The van der Waals surface area contributed by atoms with Crippen molar-refractivity contribution in [3.05, 3.63) is 34.4 Å². The summed E-state index contributed by atoms with van der Waals surface area (Å²) in [4.78, 5) is 45.7. The number of carboxylic acid groups (broad SMARTS) is 2. The summed E-state index contributed by atoms with van der Waals surface area (Å²) >= 11 is 0. The van der Waals surface area contributed by atoms with E-state index in [1.165, 1.54) is 0 Å². The molecule has 24 heavy (non-hydrogen) atoms. The minimum Gasteiger partial charge on any atom is -0.478 e. The summed E-state index contributed by atoms with van der Waals surface area (Å²) in [6.07, 6.45) is 0.953. The van der Waals surface area contributed by atoms with Gasteiger partial charge in [0, 0.05) is 12.8 Å². The Labute approximate surface area is 136 Å². The van der Waals surface area contributed by atoms with Gasteiger partial charge < -0.3 is 21.3 Å². The van der Waals surface area contributed by atoms with Crippen molar-refractivity contribution in [3.8, 4) is 0 Å². The molecule has 0 spiro atoms. The lowest BCUT2D eigenvalue weighted by Gasteiger charge is -2.11. The molecular weight excluding hydrogens is 344 g/mol. The lowest BCUT2D eigenvalue weighted by atomic mass is 9.97. The standard InChI is InChI=1S/C13H14N2O8S/c1-24(22,23)3-2-15-11(17)7-4-6(10(14)16)8(12(18)19)5-9(7)13(20)21/h4-5H,2-3H2,1H3,(H2,14,16)(H,15,17)(H,18,19)(H,20,21). The van der Waals surface area contributed by atoms with Gasteiger partial charge in [0.1, 0.15) is 9.84 Å². The highest BCUT2D eigenvalue weighted by Gasteiger charge is 2.24. The molecule has 2 amide bonds. The van der Waals surface area contributed by atoms with Gasteiger partial charge in [0.15, 0.2) is 0 Å². The second-order valence-electron chi connectivity index (χ2n) is 4.80. The molecule has 0 radical (unpaired) electrons. The number of hydrogen-bond acceptors (Lipinski definition) is 6. The first-order valence-electron chi connectivity index (χ1n) is 6.34. The van der Waals surface area contributed by atoms with Gasteiger partial charge in [-0.25, -0.2) is 18.0 Å². The van der Waals surface area contributed by atoms with Crippen LogP contribution in [-0.4, -0.2) is 60.9 Å². The Balaban J connectivity index is 3.32. The van der Waals surface area contributed by atoms with Gasteiger partial charge in [-0.3, -0.25) is 9.59 Å². The molecule has 0 aromatic heterocycles. The van der Waals surface area contributed by atoms with Crippen LogP contribution in [0.5, 0.6) is 0 Å². The Bertz CT molecular complexity index is 829. The van der Waals surface area contributed by atoms with Crippen LogP contribution in [0.3, 0.4) is 0 Å². The molecule has 10 nitrogen and oxygen atoms in total. The lowest BCUT2D eigenvalue weighted by Crippen LogP contribution is -2.31. The van der Waals surface area contributed by atoms with Crippen LogP contribution in [0, 0.1) is 0 Å². The number of nitrogens with one attached hydrogen (secondary N) is 1. The maximum atomic E-state index is 12.0. The number of nitrogens with two attached hydrogens (primary N) is 1. The highest BCUT2D eigenvalue weighted by molar-refractivity contribution is 7.90. The number of rotatable bonds is 7. The van der Waals surface area contributed by atoms with Crippen molar-refractivity contribution in [2.45, 2.75) is 0 Å². The van der Waals surface area contributed by atoms with E-state index in [0.717, 1.165) is 12.3 Å². The highest BCUT2D eigenvalue weighted by atomic mass is 32.2. The number of amides is 2. The Kier molecular flexibility index (Phi) is 5.64. The van der Waals surface area contributed by atoms with Gasteiger partial charge in [-0.2, -0.15) is 0 Å². The summed E-state index contributed by atoms with van der Waals surface area (Å²) < 4.78 is 22.0. The topological polar surface area (TPSA) is 181 Å². The van der Waals surface area contributed by atoms with Crippen molar-refractivity contribution in [1.29, 1.82) is 0 Å². The van der Waals surface area contributed by atoms with Gasteiger partial charge in [0.05, 0.1) is 28.0 Å². The number of aromatic carboxylic acids is 2. The number of hydrogen-bond donors (Lipinski definition) is 4. The van der Waals surface area contributed by atoms with E-state index in [1.54, 1.807) is 0 Å². The van der Waals surface area contributed by atoms with Gasteiger partial charge >= 0.3 is 11.9 Å². The van der Waals surface area contributed by atoms with Crippen molar-refractivity contribution in [2.75, 3.05) is 18.6 Å². The summed E-state index contributed by atoms with van der Waals surface area (Å²) in [5.41, 5.74) is 2.68. The van der Waals surface area contributed by atoms with Gasteiger partial charge in [-0.05, 0) is 12.1 Å². The minimum atomic E-state index is -3.35. The highest BCUT2D eigenvalue weighted by Crippen LogP contribution is 2.18. The van der Waals surface area contributed by atoms with Crippen LogP contribution >= 0.6 is 0 Å². The predicted molar refractivity (Wildman–Crippen MR) is 80.9 cm³/mol. The summed E-state index contributed by atoms with van der Waals surface area (Å²) in [5.74, 6) is -5.70. The van der Waals surface area contributed by atoms with Crippen molar-refractivity contribution in [1.82, 2.24) is 5.32 Å². The molecule has 0 saturated carbocycles. The van der Waals surface area contributed by atoms with E-state index in [9.17, 15) is 27.6 Å². The van der Waals surface area contributed by atoms with Crippen LogP contribution in [0.2, 0.25) is 0 Å². The zero-order chi connectivity index (χ0) is 18.7. The molecule has 0 atom stereocenters. The molecule has 1 aromatic rings. The molecule has 0 bridgehead atoms. The monoisotopic (exact) mass is 358 g/mol. The van der Waals surface area contributed by atoms with E-state index in [4.69, 9.17) is 15.9 Å². The Hall–Kier alpha value is -2.95. The maximum Gasteiger partial charge on any atom is 0.336 e. The van der Waals surface area contributed by atoms with Crippen molar-refractivity contribution in [3.63, 3.8) is 0 Å². The van der Waals surface area contributed by atoms with Crippen molar-refractivity contribution in [2.24, 2.45) is 5.73 Å². The fraction of sp³-hybridized carbons (Fsp3) is 0.231. The predicted octanol–water partition coefficient (Wildman–Crippen LogP) is -1.04. The summed E-state index contributed by atoms with van der Waals surface area (Å²) in [6.45, 7) is -0.288. The van der Waals surface area contributed by atoms with Gasteiger partial charge in [-0.15, -0.1) is 0 Å². The van der Waals surface area contributed by atoms with E-state index in [2.05, 4.69) is 5.32 Å². The number of primary amides is 1. The molecular formula is C13H14N2O8S. The first-order chi connectivity index (χ1) is 10.9. The van der Waals surface area contributed by atoms with E-state index in [-0.39, 0.29) is 12.3 Å². The van der Waals surface area contributed by atoms with Gasteiger partial charge in [0.25, 0.3) is 5.91 Å². The maximum absolute atomic E-state index is 12.0. The van der Waals surface area contributed by atoms with Gasteiger partial charge in [-0.1, -0.05) is 0 Å². The number of sulfone groups is 1. The summed E-state index contributed by atoms with van der Waals surface area (Å²) in [6, 6.07) is 1.40. The molecule has 1 aromatic carbocycles. The zero-order valence-electron chi connectivity index (χ0n) is 12.4. The molecule has 0 aliphatic heterocycles. The summed E-state index contributed by atoms with van der Waals surface area (Å²) in [7, 11) is -3.35. The second kappa shape index (κ2) is 7.08. The van der Waals surface area contributed by atoms with Crippen LogP contribution in [0.25, 0.3) is 0 Å². The van der Waals surface area contributed by atoms with E-state index in [1.807, 2.05) is 0 Å². The molecule has 11 heteroatoms. The molecule has 130 valence electrons. The Morgan fingerprint density at radius 3 is 1.88 bits per heavy atom. The molecule has 0 unspecified atom stereocenters. The number of carboxylic acids is 2. The number of carbonyl (C=O) groups excluding carboxylic acids is 2. The SMILES string of the molecule is CS(=O)(=O)CCNC(=O)c1cc(C(N)=O)c(C(=O)O)cc1C(=O)O. The Morgan fingerprint density at radius 1 is 1.00 bits per heavy atom. The van der Waals surface area contributed by atoms with E-state index in [0.29, 0.717) is 6.07 Å². The van der Waals surface area contributed by atoms with E-state index < -0.39 is 55.8 Å². The first-order valence-corrected chi connectivity index (χ1v) is 8.40. The molecule has 5 N–H and O–H groups in total. The molecule has 1 rings (SSSR count). The average molecular weight is 358 g/mol. The largest absolute Gasteiger partial charge is 0.478 e. The molecule has 0 aliphatic rings. The van der Waals surface area contributed by atoms with E-state index >= 15 is 0 Å². The fourth-order valence-electron chi connectivity index (χ4n) is 1.79. The van der Waals surface area contributed by atoms with Crippen LogP contribution in [-0.2, 0) is 9.84 Å². The molecule has 0 fully saturated rings. The molecule has 0 aliphatic carbocycles. The smallest absolute Gasteiger partial charge is 0.336 e. The molecule has 0 heterocycles. The lowest BCUT2D eigenvalue weighted by molar-refractivity contribution is 0.0688. The quantitative estimate of drug-likeness (QED) is 0.476. The second-order valence-corrected chi connectivity index (χ2v) is 7.06. The fourth-order valence-corrected chi connectivity index (χ4v) is 2.26. The number of carbonyl (C=O) groups is 4. The van der Waals surface area contributed by atoms with Gasteiger partial charge in [0.2, 0.25) is 5.91 Å². The van der Waals surface area contributed by atoms with Crippen LogP contribution in [0.1, 0.15) is 41.4 Å². The zero-order valence-corrected chi connectivity index (χ0v) is 13.2. The summed E-state index contributed by atoms with van der Waals surface area (Å²) in [5, 5.41) is 20.3. The third-order valence-electron chi connectivity index (χ3n) is 2.89. The number of benzene rings is 1. The van der Waals surface area contributed by atoms with Crippen LogP contribution in [0.15, 0.2) is 12.1 Å². The first kappa shape index (κ1) is 19.1. The Morgan fingerprint density at radius 2 is 1.46 bits per heavy atom. The van der Waals surface area contributed by atoms with Crippen LogP contribution in [0.4, 0.5) is 0 Å². The normalized spacial score (nSPS) is 10.9.